The summed E-state index contributed by atoms with van der Waals surface area (Å²) >= 11 is 5.15. The van der Waals surface area contributed by atoms with Crippen molar-refractivity contribution >= 4 is 52.1 Å². The first-order chi connectivity index (χ1) is 9.75. The van der Waals surface area contributed by atoms with Gasteiger partial charge in [-0.25, -0.2) is 4.39 Å². The molecule has 1 fully saturated rings. The van der Waals surface area contributed by atoms with Crippen LogP contribution >= 0.6 is 52.1 Å². The Balaban J connectivity index is 0.00000121. The third-order valence-electron chi connectivity index (χ3n) is 3.58. The van der Waals surface area contributed by atoms with E-state index >= 15 is 0 Å². The molecule has 0 spiro atoms. The zero-order chi connectivity index (χ0) is 13.9. The summed E-state index contributed by atoms with van der Waals surface area (Å²) in [6.07, 6.45) is 0. The van der Waals surface area contributed by atoms with E-state index in [1.54, 1.807) is 23.5 Å². The second-order valence-electron chi connectivity index (χ2n) is 4.87. The normalized spacial score (nSPS) is 16.5. The van der Waals surface area contributed by atoms with Crippen molar-refractivity contribution in [1.29, 1.82) is 0 Å². The van der Waals surface area contributed by atoms with E-state index in [0.717, 1.165) is 36.2 Å². The third-order valence-corrected chi connectivity index (χ3v) is 5.00. The van der Waals surface area contributed by atoms with Gasteiger partial charge in [0.1, 0.15) is 5.82 Å². The SMILES string of the molecule is Cl.Cl.Fc1ccc(Br)cc1[C@H](c1cccs1)N1CCNCC1. The van der Waals surface area contributed by atoms with Crippen LogP contribution in [-0.4, -0.2) is 31.1 Å². The average Bonchev–Trinajstić information content (AvgIpc) is 2.98. The van der Waals surface area contributed by atoms with E-state index in [9.17, 15) is 4.39 Å². The fraction of sp³-hybridized carbons (Fsp3) is 0.333. The van der Waals surface area contributed by atoms with Gasteiger partial charge < -0.3 is 5.32 Å². The number of benzene rings is 1. The van der Waals surface area contributed by atoms with E-state index in [4.69, 9.17) is 0 Å². The topological polar surface area (TPSA) is 15.3 Å². The summed E-state index contributed by atoms with van der Waals surface area (Å²) in [4.78, 5) is 3.55. The molecule has 122 valence electrons. The predicted octanol–water partition coefficient (Wildman–Crippen LogP) is 4.49. The Labute approximate surface area is 155 Å². The molecular weight excluding hydrogens is 410 g/mol. The molecule has 0 aliphatic carbocycles. The van der Waals surface area contributed by atoms with Crippen molar-refractivity contribution < 1.29 is 4.39 Å². The number of piperazine rings is 1. The maximum atomic E-state index is 14.3. The van der Waals surface area contributed by atoms with Crippen molar-refractivity contribution in [2.75, 3.05) is 26.2 Å². The van der Waals surface area contributed by atoms with Crippen LogP contribution in [0.1, 0.15) is 16.5 Å². The highest BCUT2D eigenvalue weighted by atomic mass is 79.9. The van der Waals surface area contributed by atoms with Gasteiger partial charge in [0.15, 0.2) is 0 Å². The monoisotopic (exact) mass is 426 g/mol. The van der Waals surface area contributed by atoms with Crippen molar-refractivity contribution in [3.05, 3.63) is 56.4 Å². The fourth-order valence-electron chi connectivity index (χ4n) is 2.64. The Morgan fingerprint density at radius 2 is 1.91 bits per heavy atom. The molecule has 1 saturated heterocycles. The molecule has 7 heteroatoms. The molecule has 0 unspecified atom stereocenters. The molecule has 0 bridgehead atoms. The van der Waals surface area contributed by atoms with Crippen molar-refractivity contribution in [2.24, 2.45) is 0 Å². The van der Waals surface area contributed by atoms with Crippen LogP contribution in [0.15, 0.2) is 40.2 Å². The van der Waals surface area contributed by atoms with Crippen molar-refractivity contribution in [3.63, 3.8) is 0 Å². The molecular formula is C15H18BrCl2FN2S. The molecule has 1 aliphatic rings. The standard InChI is InChI=1S/C15H16BrFN2S.2ClH/c16-11-3-4-13(17)12(10-11)15(14-2-1-9-20-14)19-7-5-18-6-8-19;;/h1-4,9-10,15,18H,5-8H2;2*1H/t15-;;/m1../s1. The number of hydrogen-bond acceptors (Lipinski definition) is 3. The lowest BCUT2D eigenvalue weighted by atomic mass is 10.0. The summed E-state index contributed by atoms with van der Waals surface area (Å²) in [5, 5.41) is 5.41. The number of nitrogens with one attached hydrogen (secondary N) is 1. The summed E-state index contributed by atoms with van der Waals surface area (Å²) in [6, 6.07) is 9.34. The first-order valence-corrected chi connectivity index (χ1v) is 8.36. The Morgan fingerprint density at radius 3 is 2.55 bits per heavy atom. The lowest BCUT2D eigenvalue weighted by Crippen LogP contribution is -2.45. The van der Waals surface area contributed by atoms with Gasteiger partial charge in [-0.1, -0.05) is 22.0 Å². The Kier molecular flexibility index (Phi) is 8.32. The van der Waals surface area contributed by atoms with Gasteiger partial charge >= 0.3 is 0 Å². The van der Waals surface area contributed by atoms with Gasteiger partial charge in [-0.05, 0) is 29.6 Å². The Morgan fingerprint density at radius 1 is 1.18 bits per heavy atom. The number of halogens is 4. The van der Waals surface area contributed by atoms with Gasteiger partial charge in [0, 0.05) is 41.1 Å². The van der Waals surface area contributed by atoms with Crippen LogP contribution in [0.25, 0.3) is 0 Å². The highest BCUT2D eigenvalue weighted by molar-refractivity contribution is 9.10. The molecule has 2 nitrogen and oxygen atoms in total. The fourth-order valence-corrected chi connectivity index (χ4v) is 3.90. The minimum atomic E-state index is -0.134. The summed E-state index contributed by atoms with van der Waals surface area (Å²) < 4.78 is 15.2. The molecule has 0 saturated carbocycles. The highest BCUT2D eigenvalue weighted by Gasteiger charge is 2.27. The second kappa shape index (κ2) is 9.21. The first-order valence-electron chi connectivity index (χ1n) is 6.69. The van der Waals surface area contributed by atoms with E-state index in [1.165, 1.54) is 4.88 Å². The Bertz CT molecular complexity index is 577. The number of nitrogens with zero attached hydrogens (tertiary/aromatic N) is 1. The van der Waals surface area contributed by atoms with Crippen LogP contribution in [0.2, 0.25) is 0 Å². The molecule has 3 rings (SSSR count). The van der Waals surface area contributed by atoms with E-state index in [0.29, 0.717) is 0 Å². The van der Waals surface area contributed by atoms with Crippen LogP contribution in [0, 0.1) is 5.82 Å². The molecule has 1 aromatic heterocycles. The van der Waals surface area contributed by atoms with E-state index < -0.39 is 0 Å². The molecule has 0 amide bonds. The highest BCUT2D eigenvalue weighted by Crippen LogP contribution is 2.34. The molecule has 22 heavy (non-hydrogen) atoms. The van der Waals surface area contributed by atoms with Crippen LogP contribution in [-0.2, 0) is 0 Å². The predicted molar refractivity (Wildman–Crippen MR) is 99.2 cm³/mol. The summed E-state index contributed by atoms with van der Waals surface area (Å²) in [6.45, 7) is 3.79. The molecule has 2 heterocycles. The van der Waals surface area contributed by atoms with Crippen LogP contribution < -0.4 is 5.32 Å². The molecule has 1 aromatic carbocycles. The zero-order valence-corrected chi connectivity index (χ0v) is 15.8. The maximum absolute atomic E-state index is 14.3. The average molecular weight is 428 g/mol. The zero-order valence-electron chi connectivity index (χ0n) is 11.8. The molecule has 1 aliphatic heterocycles. The van der Waals surface area contributed by atoms with Crippen LogP contribution in [0.3, 0.4) is 0 Å². The van der Waals surface area contributed by atoms with Gasteiger partial charge in [-0.3, -0.25) is 4.90 Å². The number of thiophene rings is 1. The van der Waals surface area contributed by atoms with E-state index in [1.807, 2.05) is 12.1 Å². The Hall–Kier alpha value is -0.170. The molecule has 2 aromatic rings. The summed E-state index contributed by atoms with van der Waals surface area (Å²) in [5.74, 6) is -0.134. The van der Waals surface area contributed by atoms with E-state index in [-0.39, 0.29) is 36.7 Å². The largest absolute Gasteiger partial charge is 0.314 e. The molecule has 1 atom stereocenters. The van der Waals surface area contributed by atoms with Gasteiger partial charge in [0.2, 0.25) is 0 Å². The lowest BCUT2D eigenvalue weighted by Gasteiger charge is -2.35. The van der Waals surface area contributed by atoms with E-state index in [2.05, 4.69) is 37.6 Å². The first kappa shape index (κ1) is 19.9. The van der Waals surface area contributed by atoms with Gasteiger partial charge in [-0.15, -0.1) is 36.2 Å². The minimum absolute atomic E-state index is 0. The summed E-state index contributed by atoms with van der Waals surface area (Å²) in [7, 11) is 0. The van der Waals surface area contributed by atoms with Gasteiger partial charge in [0.25, 0.3) is 0 Å². The second-order valence-corrected chi connectivity index (χ2v) is 6.76. The number of hydrogen-bond donors (Lipinski definition) is 1. The van der Waals surface area contributed by atoms with Crippen molar-refractivity contribution in [3.8, 4) is 0 Å². The number of rotatable bonds is 3. The van der Waals surface area contributed by atoms with Crippen LogP contribution in [0.5, 0.6) is 0 Å². The minimum Gasteiger partial charge on any atom is -0.314 e. The summed E-state index contributed by atoms with van der Waals surface area (Å²) in [5.41, 5.74) is 0.753. The quantitative estimate of drug-likeness (QED) is 0.776. The van der Waals surface area contributed by atoms with Crippen molar-refractivity contribution in [2.45, 2.75) is 6.04 Å². The molecule has 1 N–H and O–H groups in total. The maximum Gasteiger partial charge on any atom is 0.128 e. The van der Waals surface area contributed by atoms with Gasteiger partial charge in [0.05, 0.1) is 6.04 Å². The third kappa shape index (κ3) is 4.43. The molecule has 0 radical (unpaired) electrons. The smallest absolute Gasteiger partial charge is 0.128 e. The van der Waals surface area contributed by atoms with Crippen molar-refractivity contribution in [1.82, 2.24) is 10.2 Å². The van der Waals surface area contributed by atoms with Crippen LogP contribution in [0.4, 0.5) is 4.39 Å². The lowest BCUT2D eigenvalue weighted by molar-refractivity contribution is 0.197. The van der Waals surface area contributed by atoms with Gasteiger partial charge in [-0.2, -0.15) is 0 Å².